The Hall–Kier alpha value is -2.60. The van der Waals surface area contributed by atoms with Crippen LogP contribution < -0.4 is 10.6 Å². The molecular formula is C18H22N4O2. The van der Waals surface area contributed by atoms with E-state index in [1.165, 1.54) is 5.56 Å². The zero-order chi connectivity index (χ0) is 16.9. The number of aromatic nitrogens is 1. The number of anilines is 2. The lowest BCUT2D eigenvalue weighted by Gasteiger charge is -2.35. The lowest BCUT2D eigenvalue weighted by atomic mass is 10.1. The van der Waals surface area contributed by atoms with Crippen molar-refractivity contribution >= 4 is 17.5 Å². The number of piperazine rings is 1. The molecule has 0 unspecified atom stereocenters. The summed E-state index contributed by atoms with van der Waals surface area (Å²) in [6.07, 6.45) is 2.63. The van der Waals surface area contributed by atoms with Crippen LogP contribution in [0.15, 0.2) is 42.6 Å². The van der Waals surface area contributed by atoms with Crippen molar-refractivity contribution in [3.8, 4) is 0 Å². The lowest BCUT2D eigenvalue weighted by molar-refractivity contribution is 0.0697. The van der Waals surface area contributed by atoms with E-state index < -0.39 is 5.97 Å². The lowest BCUT2D eigenvalue weighted by Crippen LogP contribution is -2.47. The first kappa shape index (κ1) is 16.3. The first-order chi connectivity index (χ1) is 11.6. The van der Waals surface area contributed by atoms with Gasteiger partial charge < -0.3 is 15.7 Å². The van der Waals surface area contributed by atoms with Crippen molar-refractivity contribution in [2.75, 3.05) is 43.4 Å². The van der Waals surface area contributed by atoms with Gasteiger partial charge in [-0.1, -0.05) is 12.1 Å². The number of nitrogens with zero attached hydrogens (tertiary/aromatic N) is 3. The van der Waals surface area contributed by atoms with Gasteiger partial charge in [0.05, 0.1) is 17.4 Å². The number of pyridine rings is 1. The fourth-order valence-electron chi connectivity index (χ4n) is 2.89. The first-order valence-corrected chi connectivity index (χ1v) is 8.13. The molecule has 24 heavy (non-hydrogen) atoms. The molecule has 0 aliphatic carbocycles. The summed E-state index contributed by atoms with van der Waals surface area (Å²) in [5, 5.41) is 8.92. The molecule has 1 fully saturated rings. The van der Waals surface area contributed by atoms with Crippen molar-refractivity contribution in [3.05, 3.63) is 53.7 Å². The summed E-state index contributed by atoms with van der Waals surface area (Å²) in [5.74, 6) is 0.0991. The topological polar surface area (TPSA) is 82.7 Å². The molecule has 6 heteroatoms. The summed E-state index contributed by atoms with van der Waals surface area (Å²) in [5.41, 5.74) is 7.87. The van der Waals surface area contributed by atoms with Crippen LogP contribution in [0.1, 0.15) is 15.9 Å². The Labute approximate surface area is 141 Å². The maximum atomic E-state index is 10.9. The Morgan fingerprint density at radius 3 is 2.38 bits per heavy atom. The van der Waals surface area contributed by atoms with E-state index >= 15 is 0 Å². The second kappa shape index (κ2) is 7.31. The molecule has 126 valence electrons. The summed E-state index contributed by atoms with van der Waals surface area (Å²) in [4.78, 5) is 19.9. The summed E-state index contributed by atoms with van der Waals surface area (Å²) >= 11 is 0. The van der Waals surface area contributed by atoms with Crippen molar-refractivity contribution in [1.29, 1.82) is 0 Å². The van der Waals surface area contributed by atoms with Crippen LogP contribution >= 0.6 is 0 Å². The molecule has 0 amide bonds. The standard InChI is InChI=1S/C18H22N4O2/c19-16-5-6-17(20-13-16)22-11-9-21(10-12-22)8-7-14-1-3-15(4-2-14)18(23)24/h1-6,13H,7-12,19H2,(H,23,24). The van der Waals surface area contributed by atoms with Gasteiger partial charge in [-0.2, -0.15) is 0 Å². The van der Waals surface area contributed by atoms with Gasteiger partial charge in [0.1, 0.15) is 5.82 Å². The highest BCUT2D eigenvalue weighted by atomic mass is 16.4. The molecule has 3 N–H and O–H groups in total. The van der Waals surface area contributed by atoms with Crippen molar-refractivity contribution in [3.63, 3.8) is 0 Å². The van der Waals surface area contributed by atoms with E-state index in [-0.39, 0.29) is 0 Å². The van der Waals surface area contributed by atoms with Crippen molar-refractivity contribution in [1.82, 2.24) is 9.88 Å². The number of nitrogen functional groups attached to an aromatic ring is 1. The molecule has 1 aliphatic rings. The van der Waals surface area contributed by atoms with Crippen molar-refractivity contribution in [2.45, 2.75) is 6.42 Å². The quantitative estimate of drug-likeness (QED) is 0.871. The Morgan fingerprint density at radius 2 is 1.79 bits per heavy atom. The maximum absolute atomic E-state index is 10.9. The monoisotopic (exact) mass is 326 g/mol. The molecule has 0 saturated carbocycles. The van der Waals surface area contributed by atoms with Crippen LogP contribution in [0.2, 0.25) is 0 Å². The normalized spacial score (nSPS) is 15.4. The Balaban J connectivity index is 1.47. The zero-order valence-corrected chi connectivity index (χ0v) is 13.6. The Bertz CT molecular complexity index is 677. The van der Waals surface area contributed by atoms with Gasteiger partial charge in [0.25, 0.3) is 0 Å². The average Bonchev–Trinajstić information content (AvgIpc) is 2.61. The molecule has 2 aromatic rings. The predicted molar refractivity (Wildman–Crippen MR) is 94.4 cm³/mol. The minimum absolute atomic E-state index is 0.336. The minimum atomic E-state index is -0.881. The minimum Gasteiger partial charge on any atom is -0.478 e. The molecule has 0 bridgehead atoms. The number of carboxylic acids is 1. The molecule has 1 saturated heterocycles. The van der Waals surface area contributed by atoms with Gasteiger partial charge in [-0.15, -0.1) is 0 Å². The molecule has 1 aromatic heterocycles. The largest absolute Gasteiger partial charge is 0.478 e. The van der Waals surface area contributed by atoms with E-state index in [9.17, 15) is 4.79 Å². The number of hydrogen-bond donors (Lipinski definition) is 2. The van der Waals surface area contributed by atoms with Crippen molar-refractivity contribution < 1.29 is 9.90 Å². The third-order valence-electron chi connectivity index (χ3n) is 4.38. The second-order valence-electron chi connectivity index (χ2n) is 6.03. The second-order valence-corrected chi connectivity index (χ2v) is 6.03. The molecule has 3 rings (SSSR count). The number of aromatic carboxylic acids is 1. The third-order valence-corrected chi connectivity index (χ3v) is 4.38. The number of carboxylic acid groups (broad SMARTS) is 1. The summed E-state index contributed by atoms with van der Waals surface area (Å²) in [6.45, 7) is 4.89. The zero-order valence-electron chi connectivity index (χ0n) is 13.6. The van der Waals surface area contributed by atoms with E-state index in [2.05, 4.69) is 14.8 Å². The summed E-state index contributed by atoms with van der Waals surface area (Å²) < 4.78 is 0. The van der Waals surface area contributed by atoms with E-state index in [0.29, 0.717) is 11.3 Å². The Morgan fingerprint density at radius 1 is 1.08 bits per heavy atom. The molecule has 2 heterocycles. The molecule has 0 atom stereocenters. The average molecular weight is 326 g/mol. The van der Waals surface area contributed by atoms with Crippen LogP contribution in [0.4, 0.5) is 11.5 Å². The molecular weight excluding hydrogens is 304 g/mol. The number of benzene rings is 1. The third kappa shape index (κ3) is 4.02. The first-order valence-electron chi connectivity index (χ1n) is 8.13. The van der Waals surface area contributed by atoms with Crippen LogP contribution in [0.5, 0.6) is 0 Å². The van der Waals surface area contributed by atoms with Crippen LogP contribution in [0, 0.1) is 0 Å². The highest BCUT2D eigenvalue weighted by Gasteiger charge is 2.17. The van der Waals surface area contributed by atoms with E-state index in [0.717, 1.165) is 45.0 Å². The van der Waals surface area contributed by atoms with Crippen LogP contribution in [-0.4, -0.2) is 53.7 Å². The molecule has 0 radical (unpaired) electrons. The number of rotatable bonds is 5. The van der Waals surface area contributed by atoms with Gasteiger partial charge in [-0.3, -0.25) is 4.90 Å². The highest BCUT2D eigenvalue weighted by Crippen LogP contribution is 2.15. The van der Waals surface area contributed by atoms with E-state index in [4.69, 9.17) is 10.8 Å². The van der Waals surface area contributed by atoms with Crippen LogP contribution in [0.3, 0.4) is 0 Å². The molecule has 0 spiro atoms. The fraction of sp³-hybridized carbons (Fsp3) is 0.333. The van der Waals surface area contributed by atoms with Gasteiger partial charge in [0, 0.05) is 32.7 Å². The van der Waals surface area contributed by atoms with Crippen LogP contribution in [-0.2, 0) is 6.42 Å². The molecule has 1 aliphatic heterocycles. The molecule has 1 aromatic carbocycles. The number of nitrogens with two attached hydrogens (primary N) is 1. The van der Waals surface area contributed by atoms with E-state index in [1.807, 2.05) is 24.3 Å². The highest BCUT2D eigenvalue weighted by molar-refractivity contribution is 5.87. The fourth-order valence-corrected chi connectivity index (χ4v) is 2.89. The maximum Gasteiger partial charge on any atom is 0.335 e. The van der Waals surface area contributed by atoms with Gasteiger partial charge in [0.2, 0.25) is 0 Å². The Kier molecular flexibility index (Phi) is 4.96. The van der Waals surface area contributed by atoms with Gasteiger partial charge in [0.15, 0.2) is 0 Å². The summed E-state index contributed by atoms with van der Waals surface area (Å²) in [6, 6.07) is 11.0. The van der Waals surface area contributed by atoms with Gasteiger partial charge >= 0.3 is 5.97 Å². The predicted octanol–water partition coefficient (Wildman–Crippen LogP) is 1.73. The van der Waals surface area contributed by atoms with Crippen LogP contribution in [0.25, 0.3) is 0 Å². The van der Waals surface area contributed by atoms with Crippen molar-refractivity contribution in [2.24, 2.45) is 0 Å². The van der Waals surface area contributed by atoms with Gasteiger partial charge in [-0.25, -0.2) is 9.78 Å². The number of hydrogen-bond acceptors (Lipinski definition) is 5. The summed E-state index contributed by atoms with van der Waals surface area (Å²) in [7, 11) is 0. The smallest absolute Gasteiger partial charge is 0.335 e. The van der Waals surface area contributed by atoms with Gasteiger partial charge in [-0.05, 0) is 36.2 Å². The number of carbonyl (C=O) groups is 1. The SMILES string of the molecule is Nc1ccc(N2CCN(CCc3ccc(C(=O)O)cc3)CC2)nc1. The van der Waals surface area contributed by atoms with E-state index in [1.54, 1.807) is 18.3 Å². The molecule has 6 nitrogen and oxygen atoms in total.